The van der Waals surface area contributed by atoms with Gasteiger partial charge < -0.3 is 10.6 Å². The third-order valence-corrected chi connectivity index (χ3v) is 2.39. The van der Waals surface area contributed by atoms with Gasteiger partial charge in [0.2, 0.25) is 5.91 Å². The Morgan fingerprint density at radius 1 is 1.33 bits per heavy atom. The lowest BCUT2D eigenvalue weighted by atomic mass is 10.2. The molecule has 0 radical (unpaired) electrons. The Morgan fingerprint density at radius 3 is 2.72 bits per heavy atom. The minimum absolute atomic E-state index is 0.175. The van der Waals surface area contributed by atoms with E-state index in [1.807, 2.05) is 6.92 Å². The fraction of sp³-hybridized carbons (Fsp3) is 0.333. The average molecular weight is 273 g/mol. The highest BCUT2D eigenvalue weighted by Gasteiger charge is 2.12. The lowest BCUT2D eigenvalue weighted by Crippen LogP contribution is -2.37. The predicted molar refractivity (Wildman–Crippen MR) is 67.0 cm³/mol. The zero-order valence-electron chi connectivity index (χ0n) is 9.93. The van der Waals surface area contributed by atoms with Crippen LogP contribution in [-0.2, 0) is 4.79 Å². The molecule has 0 aromatic heterocycles. The number of nitrogens with one attached hydrogen (secondary N) is 2. The number of hydrogen-bond donors (Lipinski definition) is 2. The summed E-state index contributed by atoms with van der Waals surface area (Å²) >= 11 is 5.67. The van der Waals surface area contributed by atoms with Crippen LogP contribution in [0, 0.1) is 5.82 Å². The molecule has 4 nitrogen and oxygen atoms in total. The standard InChI is InChI=1S/C12H14ClFN2O2/c1-2-5-15-11(17)7-16-12(18)9-6-8(13)3-4-10(9)14/h3-4,6H,2,5,7H2,1H3,(H,15,17)(H,16,18). The van der Waals surface area contributed by atoms with Gasteiger partial charge >= 0.3 is 0 Å². The molecule has 0 spiro atoms. The minimum atomic E-state index is -0.675. The SMILES string of the molecule is CCCNC(=O)CNC(=O)c1cc(Cl)ccc1F. The Labute approximate surface area is 110 Å². The highest BCUT2D eigenvalue weighted by Crippen LogP contribution is 2.14. The van der Waals surface area contributed by atoms with E-state index in [1.54, 1.807) is 0 Å². The summed E-state index contributed by atoms with van der Waals surface area (Å²) in [5.41, 5.74) is -0.175. The average Bonchev–Trinajstić information content (AvgIpc) is 2.36. The number of amides is 2. The summed E-state index contributed by atoms with van der Waals surface area (Å²) in [5, 5.41) is 5.18. The summed E-state index contributed by atoms with van der Waals surface area (Å²) in [6.45, 7) is 2.27. The van der Waals surface area contributed by atoms with E-state index in [2.05, 4.69) is 10.6 Å². The second-order valence-corrected chi connectivity index (χ2v) is 4.09. The van der Waals surface area contributed by atoms with Crippen molar-refractivity contribution >= 4 is 23.4 Å². The van der Waals surface area contributed by atoms with Crippen LogP contribution < -0.4 is 10.6 Å². The summed E-state index contributed by atoms with van der Waals surface area (Å²) in [6.07, 6.45) is 0.808. The second kappa shape index (κ2) is 6.96. The molecule has 1 rings (SSSR count). The van der Waals surface area contributed by atoms with Gasteiger partial charge in [0.25, 0.3) is 5.91 Å². The maximum absolute atomic E-state index is 13.3. The molecule has 98 valence electrons. The Kier molecular flexibility index (Phi) is 5.58. The van der Waals surface area contributed by atoms with Crippen molar-refractivity contribution in [3.63, 3.8) is 0 Å². The Balaban J connectivity index is 2.55. The molecule has 0 bridgehead atoms. The summed E-state index contributed by atoms with van der Waals surface area (Å²) < 4.78 is 13.3. The van der Waals surface area contributed by atoms with Crippen LogP contribution in [0.4, 0.5) is 4.39 Å². The largest absolute Gasteiger partial charge is 0.355 e. The van der Waals surface area contributed by atoms with E-state index in [0.717, 1.165) is 12.5 Å². The molecular formula is C12H14ClFN2O2. The van der Waals surface area contributed by atoms with Crippen molar-refractivity contribution in [2.45, 2.75) is 13.3 Å². The summed E-state index contributed by atoms with van der Waals surface area (Å²) in [5.74, 6) is -1.65. The maximum Gasteiger partial charge on any atom is 0.254 e. The molecule has 0 atom stereocenters. The summed E-state index contributed by atoms with van der Waals surface area (Å²) in [7, 11) is 0. The smallest absolute Gasteiger partial charge is 0.254 e. The van der Waals surface area contributed by atoms with E-state index in [-0.39, 0.29) is 23.0 Å². The normalized spacial score (nSPS) is 9.94. The number of hydrogen-bond acceptors (Lipinski definition) is 2. The van der Waals surface area contributed by atoms with Gasteiger partial charge in [-0.3, -0.25) is 9.59 Å². The zero-order valence-corrected chi connectivity index (χ0v) is 10.7. The van der Waals surface area contributed by atoms with Crippen LogP contribution >= 0.6 is 11.6 Å². The molecule has 0 aliphatic rings. The van der Waals surface area contributed by atoms with Crippen molar-refractivity contribution in [3.05, 3.63) is 34.6 Å². The summed E-state index contributed by atoms with van der Waals surface area (Å²) in [4.78, 5) is 22.9. The molecule has 18 heavy (non-hydrogen) atoms. The quantitative estimate of drug-likeness (QED) is 0.858. The van der Waals surface area contributed by atoms with Gasteiger partial charge in [-0.1, -0.05) is 18.5 Å². The third-order valence-electron chi connectivity index (χ3n) is 2.15. The first-order chi connectivity index (χ1) is 8.54. The predicted octanol–water partition coefficient (Wildman–Crippen LogP) is 1.74. The summed E-state index contributed by atoms with van der Waals surface area (Å²) in [6, 6.07) is 3.67. The number of benzene rings is 1. The molecule has 0 heterocycles. The molecule has 6 heteroatoms. The lowest BCUT2D eigenvalue weighted by molar-refractivity contribution is -0.120. The van der Waals surface area contributed by atoms with Crippen LogP contribution in [0.25, 0.3) is 0 Å². The van der Waals surface area contributed by atoms with E-state index < -0.39 is 11.7 Å². The molecular weight excluding hydrogens is 259 g/mol. The van der Waals surface area contributed by atoms with Gasteiger partial charge in [-0.15, -0.1) is 0 Å². The van der Waals surface area contributed by atoms with Crippen molar-refractivity contribution in [1.29, 1.82) is 0 Å². The Bertz CT molecular complexity index is 452. The molecule has 0 unspecified atom stereocenters. The molecule has 0 saturated carbocycles. The second-order valence-electron chi connectivity index (χ2n) is 3.66. The zero-order chi connectivity index (χ0) is 13.5. The third kappa shape index (κ3) is 4.33. The molecule has 1 aromatic carbocycles. The number of rotatable bonds is 5. The molecule has 0 fully saturated rings. The lowest BCUT2D eigenvalue weighted by Gasteiger charge is -2.07. The fourth-order valence-electron chi connectivity index (χ4n) is 1.25. The van der Waals surface area contributed by atoms with E-state index >= 15 is 0 Å². The number of halogens is 2. The minimum Gasteiger partial charge on any atom is -0.355 e. The van der Waals surface area contributed by atoms with Crippen LogP contribution in [0.1, 0.15) is 23.7 Å². The van der Waals surface area contributed by atoms with Gasteiger partial charge in [0.05, 0.1) is 12.1 Å². The maximum atomic E-state index is 13.3. The van der Waals surface area contributed by atoms with Crippen LogP contribution in [0.15, 0.2) is 18.2 Å². The molecule has 0 saturated heterocycles. The topological polar surface area (TPSA) is 58.2 Å². The monoisotopic (exact) mass is 272 g/mol. The highest BCUT2D eigenvalue weighted by molar-refractivity contribution is 6.31. The first kappa shape index (κ1) is 14.4. The first-order valence-corrected chi connectivity index (χ1v) is 5.92. The van der Waals surface area contributed by atoms with Gasteiger partial charge in [0.1, 0.15) is 5.82 Å². The van der Waals surface area contributed by atoms with Crippen molar-refractivity contribution in [2.75, 3.05) is 13.1 Å². The van der Waals surface area contributed by atoms with Gasteiger partial charge in [0, 0.05) is 11.6 Å². The molecule has 0 aliphatic carbocycles. The van der Waals surface area contributed by atoms with Gasteiger partial charge in [-0.05, 0) is 24.6 Å². The van der Waals surface area contributed by atoms with Crippen molar-refractivity contribution in [1.82, 2.24) is 10.6 Å². The molecule has 1 aromatic rings. The van der Waals surface area contributed by atoms with Crippen molar-refractivity contribution in [3.8, 4) is 0 Å². The van der Waals surface area contributed by atoms with Gasteiger partial charge in [-0.25, -0.2) is 4.39 Å². The number of carbonyl (C=O) groups excluding carboxylic acids is 2. The van der Waals surface area contributed by atoms with E-state index in [1.165, 1.54) is 12.1 Å². The Hall–Kier alpha value is -1.62. The van der Waals surface area contributed by atoms with E-state index in [0.29, 0.717) is 6.54 Å². The van der Waals surface area contributed by atoms with E-state index in [4.69, 9.17) is 11.6 Å². The first-order valence-electron chi connectivity index (χ1n) is 5.54. The van der Waals surface area contributed by atoms with Crippen LogP contribution in [-0.4, -0.2) is 24.9 Å². The van der Waals surface area contributed by atoms with Gasteiger partial charge in [-0.2, -0.15) is 0 Å². The van der Waals surface area contributed by atoms with Crippen LogP contribution in [0.5, 0.6) is 0 Å². The van der Waals surface area contributed by atoms with Crippen molar-refractivity contribution in [2.24, 2.45) is 0 Å². The van der Waals surface area contributed by atoms with Crippen LogP contribution in [0.2, 0.25) is 5.02 Å². The molecule has 0 aliphatic heterocycles. The fourth-order valence-corrected chi connectivity index (χ4v) is 1.43. The number of carbonyl (C=O) groups is 2. The molecule has 2 N–H and O–H groups in total. The Morgan fingerprint density at radius 2 is 2.06 bits per heavy atom. The van der Waals surface area contributed by atoms with E-state index in [9.17, 15) is 14.0 Å². The highest BCUT2D eigenvalue weighted by atomic mass is 35.5. The van der Waals surface area contributed by atoms with Crippen LogP contribution in [0.3, 0.4) is 0 Å². The molecule has 2 amide bonds. The van der Waals surface area contributed by atoms with Gasteiger partial charge in [0.15, 0.2) is 0 Å². The van der Waals surface area contributed by atoms with Crippen molar-refractivity contribution < 1.29 is 14.0 Å².